The van der Waals surface area contributed by atoms with Gasteiger partial charge in [-0.2, -0.15) is 18.4 Å². The van der Waals surface area contributed by atoms with Gasteiger partial charge in [0.15, 0.2) is 0 Å². The molecule has 1 heterocycles. The summed E-state index contributed by atoms with van der Waals surface area (Å²) in [7, 11) is 0. The summed E-state index contributed by atoms with van der Waals surface area (Å²) >= 11 is 0. The van der Waals surface area contributed by atoms with E-state index < -0.39 is 11.9 Å². The first kappa shape index (κ1) is 13.0. The fraction of sp³-hybridized carbons (Fsp3) is 0.273. The Morgan fingerprint density at radius 1 is 1.47 bits per heavy atom. The van der Waals surface area contributed by atoms with Crippen molar-refractivity contribution in [2.45, 2.75) is 12.6 Å². The van der Waals surface area contributed by atoms with Crippen molar-refractivity contribution in [3.8, 4) is 11.9 Å². The van der Waals surface area contributed by atoms with E-state index in [-0.39, 0.29) is 18.1 Å². The van der Waals surface area contributed by atoms with Crippen molar-refractivity contribution in [1.29, 1.82) is 5.26 Å². The van der Waals surface area contributed by atoms with Crippen LogP contribution in [0.15, 0.2) is 24.8 Å². The van der Waals surface area contributed by atoms with Gasteiger partial charge in [0, 0.05) is 0 Å². The number of nitrogens with zero attached hydrogens (tertiary/aromatic N) is 2. The number of nitriles is 1. The van der Waals surface area contributed by atoms with E-state index in [0.29, 0.717) is 6.42 Å². The highest BCUT2D eigenvalue weighted by molar-refractivity contribution is 5.39. The van der Waals surface area contributed by atoms with Crippen LogP contribution in [0.25, 0.3) is 0 Å². The van der Waals surface area contributed by atoms with Crippen LogP contribution in [0.3, 0.4) is 0 Å². The monoisotopic (exact) mass is 242 g/mol. The average molecular weight is 242 g/mol. The molecule has 1 aromatic heterocycles. The SMILES string of the molecule is C=CCCOc1nc(C(F)(F)F)ccc1C#N. The molecule has 6 heteroatoms. The summed E-state index contributed by atoms with van der Waals surface area (Å²) in [6.45, 7) is 3.58. The number of halogens is 3. The zero-order valence-corrected chi connectivity index (χ0v) is 8.79. The van der Waals surface area contributed by atoms with Crippen molar-refractivity contribution in [2.75, 3.05) is 6.61 Å². The molecule has 0 radical (unpaired) electrons. The quantitative estimate of drug-likeness (QED) is 0.602. The van der Waals surface area contributed by atoms with Gasteiger partial charge in [-0.25, -0.2) is 4.98 Å². The summed E-state index contributed by atoms with van der Waals surface area (Å²) in [6.07, 6.45) is -2.53. The summed E-state index contributed by atoms with van der Waals surface area (Å²) in [5.41, 5.74) is -1.10. The van der Waals surface area contributed by atoms with Crippen LogP contribution in [0.5, 0.6) is 5.88 Å². The molecule has 0 atom stereocenters. The molecule has 0 unspecified atom stereocenters. The molecular formula is C11H9F3N2O. The molecule has 0 saturated heterocycles. The maximum Gasteiger partial charge on any atom is 0.433 e. The molecule has 0 aliphatic carbocycles. The molecule has 0 spiro atoms. The number of aromatic nitrogens is 1. The van der Waals surface area contributed by atoms with E-state index in [1.807, 2.05) is 0 Å². The largest absolute Gasteiger partial charge is 0.476 e. The number of ether oxygens (including phenoxy) is 1. The molecule has 0 amide bonds. The van der Waals surface area contributed by atoms with Gasteiger partial charge in [-0.05, 0) is 18.6 Å². The predicted molar refractivity (Wildman–Crippen MR) is 54.3 cm³/mol. The molecule has 3 nitrogen and oxygen atoms in total. The highest BCUT2D eigenvalue weighted by Crippen LogP contribution is 2.29. The second kappa shape index (κ2) is 5.34. The van der Waals surface area contributed by atoms with Gasteiger partial charge in [-0.15, -0.1) is 6.58 Å². The standard InChI is InChI=1S/C11H9F3N2O/c1-2-3-6-17-10-8(7-15)4-5-9(16-10)11(12,13)14/h2,4-5H,1,3,6H2. The van der Waals surface area contributed by atoms with E-state index >= 15 is 0 Å². The molecule has 1 rings (SSSR count). The van der Waals surface area contributed by atoms with E-state index in [1.165, 1.54) is 0 Å². The van der Waals surface area contributed by atoms with Gasteiger partial charge in [-0.1, -0.05) is 6.08 Å². The zero-order chi connectivity index (χ0) is 12.9. The number of alkyl halides is 3. The van der Waals surface area contributed by atoms with E-state index in [0.717, 1.165) is 12.1 Å². The molecule has 90 valence electrons. The van der Waals surface area contributed by atoms with Crippen LogP contribution in [-0.4, -0.2) is 11.6 Å². The van der Waals surface area contributed by atoms with Crippen LogP contribution in [0.1, 0.15) is 17.7 Å². The lowest BCUT2D eigenvalue weighted by Crippen LogP contribution is -2.10. The number of hydrogen-bond acceptors (Lipinski definition) is 3. The Kier molecular flexibility index (Phi) is 4.10. The van der Waals surface area contributed by atoms with Gasteiger partial charge in [0.25, 0.3) is 0 Å². The Labute approximate surface area is 96.2 Å². The van der Waals surface area contributed by atoms with Crippen molar-refractivity contribution >= 4 is 0 Å². The smallest absolute Gasteiger partial charge is 0.433 e. The minimum atomic E-state index is -4.55. The van der Waals surface area contributed by atoms with E-state index in [4.69, 9.17) is 10.00 Å². The van der Waals surface area contributed by atoms with Crippen LogP contribution in [0, 0.1) is 11.3 Å². The summed E-state index contributed by atoms with van der Waals surface area (Å²) in [4.78, 5) is 3.28. The second-order valence-electron chi connectivity index (χ2n) is 3.08. The first-order valence-electron chi connectivity index (χ1n) is 4.71. The third-order valence-corrected chi connectivity index (χ3v) is 1.83. The third kappa shape index (κ3) is 3.48. The normalized spacial score (nSPS) is 10.7. The first-order valence-corrected chi connectivity index (χ1v) is 4.71. The van der Waals surface area contributed by atoms with Crippen molar-refractivity contribution in [1.82, 2.24) is 4.98 Å². The second-order valence-corrected chi connectivity index (χ2v) is 3.08. The summed E-state index contributed by atoms with van der Waals surface area (Å²) in [5.74, 6) is -0.302. The highest BCUT2D eigenvalue weighted by atomic mass is 19.4. The maximum absolute atomic E-state index is 12.4. The highest BCUT2D eigenvalue weighted by Gasteiger charge is 2.33. The topological polar surface area (TPSA) is 45.9 Å². The Bertz CT molecular complexity index is 449. The first-order chi connectivity index (χ1) is 7.99. The molecule has 0 aliphatic heterocycles. The van der Waals surface area contributed by atoms with Crippen molar-refractivity contribution < 1.29 is 17.9 Å². The Morgan fingerprint density at radius 3 is 2.71 bits per heavy atom. The molecule has 0 saturated carbocycles. The molecule has 0 bridgehead atoms. The Morgan fingerprint density at radius 2 is 2.18 bits per heavy atom. The van der Waals surface area contributed by atoms with E-state index in [1.54, 1.807) is 12.1 Å². The lowest BCUT2D eigenvalue weighted by Gasteiger charge is -2.09. The van der Waals surface area contributed by atoms with E-state index in [2.05, 4.69) is 11.6 Å². The number of pyridine rings is 1. The van der Waals surface area contributed by atoms with Gasteiger partial charge in [0.05, 0.1) is 6.61 Å². The van der Waals surface area contributed by atoms with Crippen LogP contribution in [0.2, 0.25) is 0 Å². The Hall–Kier alpha value is -2.03. The minimum absolute atomic E-state index is 0.0259. The van der Waals surface area contributed by atoms with E-state index in [9.17, 15) is 13.2 Å². The molecule has 0 fully saturated rings. The molecule has 1 aromatic rings. The van der Waals surface area contributed by atoms with Gasteiger partial charge in [0.2, 0.25) is 5.88 Å². The van der Waals surface area contributed by atoms with Gasteiger partial charge in [0.1, 0.15) is 17.3 Å². The summed E-state index contributed by atoms with van der Waals surface area (Å²) in [6, 6.07) is 3.51. The summed E-state index contributed by atoms with van der Waals surface area (Å²) in [5, 5.41) is 8.70. The Balaban J connectivity index is 2.99. The lowest BCUT2D eigenvalue weighted by molar-refractivity contribution is -0.141. The summed E-state index contributed by atoms with van der Waals surface area (Å²) < 4.78 is 42.1. The molecule has 0 aliphatic rings. The van der Waals surface area contributed by atoms with Gasteiger partial charge < -0.3 is 4.74 Å². The lowest BCUT2D eigenvalue weighted by atomic mass is 10.2. The third-order valence-electron chi connectivity index (χ3n) is 1.83. The maximum atomic E-state index is 12.4. The van der Waals surface area contributed by atoms with Gasteiger partial charge >= 0.3 is 6.18 Å². The van der Waals surface area contributed by atoms with Crippen molar-refractivity contribution in [3.63, 3.8) is 0 Å². The van der Waals surface area contributed by atoms with Gasteiger partial charge in [-0.3, -0.25) is 0 Å². The van der Waals surface area contributed by atoms with Crippen LogP contribution in [0.4, 0.5) is 13.2 Å². The molecular weight excluding hydrogens is 233 g/mol. The van der Waals surface area contributed by atoms with Crippen LogP contribution < -0.4 is 4.74 Å². The van der Waals surface area contributed by atoms with Crippen LogP contribution >= 0.6 is 0 Å². The fourth-order valence-electron chi connectivity index (χ4n) is 1.03. The van der Waals surface area contributed by atoms with Crippen molar-refractivity contribution in [3.05, 3.63) is 36.0 Å². The number of rotatable bonds is 4. The van der Waals surface area contributed by atoms with Crippen molar-refractivity contribution in [2.24, 2.45) is 0 Å². The predicted octanol–water partition coefficient (Wildman–Crippen LogP) is 2.93. The average Bonchev–Trinajstić information content (AvgIpc) is 2.28. The molecule has 0 aromatic carbocycles. The zero-order valence-electron chi connectivity index (χ0n) is 8.79. The minimum Gasteiger partial charge on any atom is -0.476 e. The molecule has 0 N–H and O–H groups in total. The molecule has 17 heavy (non-hydrogen) atoms. The fourth-order valence-corrected chi connectivity index (χ4v) is 1.03. The number of hydrogen-bond donors (Lipinski definition) is 0. The van der Waals surface area contributed by atoms with Crippen LogP contribution in [-0.2, 0) is 6.18 Å².